The molecule has 1 heterocycles. The van der Waals surface area contributed by atoms with E-state index in [1.54, 1.807) is 0 Å². The van der Waals surface area contributed by atoms with Crippen molar-refractivity contribution in [3.63, 3.8) is 0 Å². The predicted octanol–water partition coefficient (Wildman–Crippen LogP) is 1.64. The summed E-state index contributed by atoms with van der Waals surface area (Å²) >= 11 is 0. The van der Waals surface area contributed by atoms with Gasteiger partial charge in [0.05, 0.1) is 0 Å². The molecule has 62 valence electrons. The van der Waals surface area contributed by atoms with Crippen molar-refractivity contribution < 1.29 is 4.74 Å². The van der Waals surface area contributed by atoms with Gasteiger partial charge in [-0.25, -0.2) is 0 Å². The first kappa shape index (κ1) is 7.37. The van der Waals surface area contributed by atoms with Crippen molar-refractivity contribution in [3.05, 3.63) is 35.9 Å². The van der Waals surface area contributed by atoms with Crippen LogP contribution in [0.3, 0.4) is 0 Å². The summed E-state index contributed by atoms with van der Waals surface area (Å²) in [6, 6.07) is 8.00. The van der Waals surface area contributed by atoms with Crippen LogP contribution in [0.4, 0.5) is 0 Å². The van der Waals surface area contributed by atoms with Crippen LogP contribution < -0.4 is 10.1 Å². The molecule has 0 spiro atoms. The van der Waals surface area contributed by atoms with Crippen LogP contribution in [0.5, 0.6) is 5.75 Å². The molecule has 2 nitrogen and oxygen atoms in total. The SMILES string of the molecule is CNC1C=Cc2ccccc2O1. The minimum atomic E-state index is 0.0138. The standard InChI is InChI=1S/C10H11NO/c1-11-10-7-6-8-4-2-3-5-9(8)12-10/h2-7,10-11H,1H3. The van der Waals surface area contributed by atoms with E-state index < -0.39 is 0 Å². The van der Waals surface area contributed by atoms with Gasteiger partial charge in [0.25, 0.3) is 0 Å². The zero-order valence-electron chi connectivity index (χ0n) is 6.95. The molecule has 1 N–H and O–H groups in total. The van der Waals surface area contributed by atoms with E-state index in [4.69, 9.17) is 4.74 Å². The van der Waals surface area contributed by atoms with E-state index in [1.165, 1.54) is 0 Å². The van der Waals surface area contributed by atoms with Gasteiger partial charge < -0.3 is 4.74 Å². The van der Waals surface area contributed by atoms with E-state index in [1.807, 2.05) is 37.4 Å². The van der Waals surface area contributed by atoms with Gasteiger partial charge in [-0.2, -0.15) is 0 Å². The van der Waals surface area contributed by atoms with Crippen LogP contribution >= 0.6 is 0 Å². The first-order chi connectivity index (χ1) is 5.90. The lowest BCUT2D eigenvalue weighted by Crippen LogP contribution is -2.30. The molecule has 0 saturated heterocycles. The topological polar surface area (TPSA) is 21.3 Å². The summed E-state index contributed by atoms with van der Waals surface area (Å²) in [6.45, 7) is 0. The third kappa shape index (κ3) is 1.21. The zero-order chi connectivity index (χ0) is 8.39. The van der Waals surface area contributed by atoms with Crippen LogP contribution in [0.25, 0.3) is 6.08 Å². The summed E-state index contributed by atoms with van der Waals surface area (Å²) in [4.78, 5) is 0. The molecule has 1 aromatic rings. The van der Waals surface area contributed by atoms with Crippen molar-refractivity contribution >= 4 is 6.08 Å². The lowest BCUT2D eigenvalue weighted by Gasteiger charge is -2.20. The largest absolute Gasteiger partial charge is 0.471 e. The first-order valence-electron chi connectivity index (χ1n) is 4.01. The molecule has 0 aromatic heterocycles. The second-order valence-electron chi connectivity index (χ2n) is 2.72. The van der Waals surface area contributed by atoms with Crippen LogP contribution in [0.1, 0.15) is 5.56 Å². The molecular formula is C10H11NO. The third-order valence-corrected chi connectivity index (χ3v) is 1.91. The van der Waals surface area contributed by atoms with Gasteiger partial charge in [0.15, 0.2) is 6.23 Å². The minimum Gasteiger partial charge on any atom is -0.471 e. The number of likely N-dealkylation sites (N-methyl/N-ethyl adjacent to an activating group) is 1. The van der Waals surface area contributed by atoms with Gasteiger partial charge in [-0.05, 0) is 19.2 Å². The Morgan fingerprint density at radius 3 is 3.00 bits per heavy atom. The molecule has 1 atom stereocenters. The Morgan fingerprint density at radius 1 is 1.33 bits per heavy atom. The lowest BCUT2D eigenvalue weighted by molar-refractivity contribution is 0.218. The molecular weight excluding hydrogens is 150 g/mol. The van der Waals surface area contributed by atoms with Crippen molar-refractivity contribution in [1.82, 2.24) is 5.32 Å². The fourth-order valence-electron chi connectivity index (χ4n) is 1.25. The molecule has 12 heavy (non-hydrogen) atoms. The number of fused-ring (bicyclic) bond motifs is 1. The highest BCUT2D eigenvalue weighted by atomic mass is 16.5. The van der Waals surface area contributed by atoms with Gasteiger partial charge in [-0.15, -0.1) is 0 Å². The Kier molecular flexibility index (Phi) is 1.84. The van der Waals surface area contributed by atoms with Crippen molar-refractivity contribution in [2.24, 2.45) is 0 Å². The summed E-state index contributed by atoms with van der Waals surface area (Å²) in [5.41, 5.74) is 1.14. The average molecular weight is 161 g/mol. The monoisotopic (exact) mass is 161 g/mol. The van der Waals surface area contributed by atoms with Gasteiger partial charge in [-0.1, -0.05) is 24.3 Å². The van der Waals surface area contributed by atoms with E-state index in [-0.39, 0.29) is 6.23 Å². The van der Waals surface area contributed by atoms with Gasteiger partial charge in [0, 0.05) is 5.56 Å². The molecule has 1 aliphatic heterocycles. The maximum absolute atomic E-state index is 5.58. The molecule has 0 aliphatic carbocycles. The maximum atomic E-state index is 5.58. The summed E-state index contributed by atoms with van der Waals surface area (Å²) in [5.74, 6) is 0.944. The molecule has 2 heteroatoms. The molecule has 2 rings (SSSR count). The fraction of sp³-hybridized carbons (Fsp3) is 0.200. The van der Waals surface area contributed by atoms with Crippen molar-refractivity contribution in [2.75, 3.05) is 7.05 Å². The van der Waals surface area contributed by atoms with E-state index in [0.29, 0.717) is 0 Å². The molecule has 0 radical (unpaired) electrons. The molecule has 0 saturated carbocycles. The lowest BCUT2D eigenvalue weighted by atomic mass is 10.1. The number of hydrogen-bond acceptors (Lipinski definition) is 2. The Morgan fingerprint density at radius 2 is 2.17 bits per heavy atom. The number of benzene rings is 1. The van der Waals surface area contributed by atoms with Gasteiger partial charge in [-0.3, -0.25) is 5.32 Å². The Bertz CT molecular complexity index is 306. The molecule has 1 unspecified atom stereocenters. The minimum absolute atomic E-state index is 0.0138. The molecule has 0 fully saturated rings. The molecule has 1 aromatic carbocycles. The van der Waals surface area contributed by atoms with Gasteiger partial charge in [0.1, 0.15) is 5.75 Å². The quantitative estimate of drug-likeness (QED) is 0.676. The number of hydrogen-bond donors (Lipinski definition) is 1. The van der Waals surface area contributed by atoms with Crippen LogP contribution in [-0.2, 0) is 0 Å². The molecule has 0 amide bonds. The highest BCUT2D eigenvalue weighted by molar-refractivity contribution is 5.59. The second kappa shape index (κ2) is 2.99. The zero-order valence-corrected chi connectivity index (χ0v) is 6.95. The van der Waals surface area contributed by atoms with Crippen molar-refractivity contribution in [3.8, 4) is 5.75 Å². The maximum Gasteiger partial charge on any atom is 0.169 e. The number of ether oxygens (including phenoxy) is 1. The van der Waals surface area contributed by atoms with Crippen molar-refractivity contribution in [1.29, 1.82) is 0 Å². The number of rotatable bonds is 1. The van der Waals surface area contributed by atoms with Crippen LogP contribution in [0, 0.1) is 0 Å². The van der Waals surface area contributed by atoms with E-state index in [0.717, 1.165) is 11.3 Å². The summed E-state index contributed by atoms with van der Waals surface area (Å²) in [5, 5.41) is 3.04. The van der Waals surface area contributed by atoms with E-state index >= 15 is 0 Å². The van der Waals surface area contributed by atoms with Crippen LogP contribution in [-0.4, -0.2) is 13.3 Å². The van der Waals surface area contributed by atoms with E-state index in [2.05, 4.69) is 11.4 Å². The normalized spacial score (nSPS) is 19.9. The fourth-order valence-corrected chi connectivity index (χ4v) is 1.25. The first-order valence-corrected chi connectivity index (χ1v) is 4.01. The van der Waals surface area contributed by atoms with Gasteiger partial charge >= 0.3 is 0 Å². The highest BCUT2D eigenvalue weighted by Gasteiger charge is 2.10. The van der Waals surface area contributed by atoms with Crippen LogP contribution in [0.2, 0.25) is 0 Å². The third-order valence-electron chi connectivity index (χ3n) is 1.91. The molecule has 1 aliphatic rings. The summed E-state index contributed by atoms with van der Waals surface area (Å²) < 4.78 is 5.58. The Labute approximate surface area is 71.9 Å². The van der Waals surface area contributed by atoms with Crippen molar-refractivity contribution in [2.45, 2.75) is 6.23 Å². The van der Waals surface area contributed by atoms with Crippen LogP contribution in [0.15, 0.2) is 30.3 Å². The summed E-state index contributed by atoms with van der Waals surface area (Å²) in [6.07, 6.45) is 4.09. The number of nitrogens with one attached hydrogen (secondary N) is 1. The number of para-hydroxylation sites is 1. The smallest absolute Gasteiger partial charge is 0.169 e. The van der Waals surface area contributed by atoms with Gasteiger partial charge in [0.2, 0.25) is 0 Å². The second-order valence-corrected chi connectivity index (χ2v) is 2.72. The Balaban J connectivity index is 2.33. The average Bonchev–Trinajstić information content (AvgIpc) is 2.17. The predicted molar refractivity (Wildman–Crippen MR) is 49.0 cm³/mol. The van der Waals surface area contributed by atoms with E-state index in [9.17, 15) is 0 Å². The molecule has 0 bridgehead atoms. The highest BCUT2D eigenvalue weighted by Crippen LogP contribution is 2.24. The summed E-state index contributed by atoms with van der Waals surface area (Å²) in [7, 11) is 1.88. The Hall–Kier alpha value is -1.28.